The summed E-state index contributed by atoms with van der Waals surface area (Å²) in [7, 11) is -4.29. The van der Waals surface area contributed by atoms with E-state index in [-0.39, 0.29) is 16.5 Å². The fourth-order valence-electron chi connectivity index (χ4n) is 1.61. The molecule has 92 valence electrons. The van der Waals surface area contributed by atoms with Gasteiger partial charge in [-0.3, -0.25) is 4.18 Å². The highest BCUT2D eigenvalue weighted by molar-refractivity contribution is 7.85. The van der Waals surface area contributed by atoms with Crippen molar-refractivity contribution in [3.8, 4) is 0 Å². The lowest BCUT2D eigenvalue weighted by molar-refractivity contribution is 0.164. The van der Waals surface area contributed by atoms with E-state index in [0.717, 1.165) is 6.07 Å². The maximum atomic E-state index is 13.0. The number of amides is 1. The zero-order valence-corrected chi connectivity index (χ0v) is 9.22. The first-order valence-electron chi connectivity index (χ1n) is 4.59. The minimum atomic E-state index is -4.29. The molecule has 1 aromatic rings. The molecule has 6 nitrogen and oxygen atoms in total. The van der Waals surface area contributed by atoms with Gasteiger partial charge in [0.25, 0.3) is 0 Å². The van der Waals surface area contributed by atoms with Crippen LogP contribution in [0.25, 0.3) is 0 Å². The average Bonchev–Trinajstić information content (AvgIpc) is 2.54. The first-order valence-corrected chi connectivity index (χ1v) is 5.95. The van der Waals surface area contributed by atoms with Gasteiger partial charge >= 0.3 is 16.4 Å². The minimum absolute atomic E-state index is 0.182. The van der Waals surface area contributed by atoms with E-state index in [2.05, 4.69) is 4.18 Å². The molecule has 0 bridgehead atoms. The van der Waals surface area contributed by atoms with Gasteiger partial charge in [0.05, 0.1) is 6.61 Å². The van der Waals surface area contributed by atoms with E-state index in [0.29, 0.717) is 0 Å². The van der Waals surface area contributed by atoms with Crippen molar-refractivity contribution in [2.24, 2.45) is 0 Å². The molecule has 1 fully saturated rings. The lowest BCUT2D eigenvalue weighted by Crippen LogP contribution is -2.33. The SMILES string of the molecule is O=C(O)N1[C@@H](c2cccc(F)c2)COS1(=O)=O. The van der Waals surface area contributed by atoms with Gasteiger partial charge in [-0.05, 0) is 17.7 Å². The number of nitrogens with zero attached hydrogens (tertiary/aromatic N) is 1. The van der Waals surface area contributed by atoms with Gasteiger partial charge in [0.15, 0.2) is 0 Å². The van der Waals surface area contributed by atoms with E-state index in [1.54, 1.807) is 0 Å². The molecular weight excluding hydrogens is 253 g/mol. The number of hydrogen-bond donors (Lipinski definition) is 1. The summed E-state index contributed by atoms with van der Waals surface area (Å²) >= 11 is 0. The molecule has 1 amide bonds. The Morgan fingerprint density at radius 3 is 2.82 bits per heavy atom. The Balaban J connectivity index is 2.43. The van der Waals surface area contributed by atoms with Gasteiger partial charge in [-0.25, -0.2) is 9.18 Å². The zero-order chi connectivity index (χ0) is 12.6. The second kappa shape index (κ2) is 3.97. The number of halogens is 1. The number of hydrogen-bond acceptors (Lipinski definition) is 4. The van der Waals surface area contributed by atoms with Crippen molar-refractivity contribution in [1.82, 2.24) is 4.31 Å². The lowest BCUT2D eigenvalue weighted by atomic mass is 10.1. The number of benzene rings is 1. The second-order valence-electron chi connectivity index (χ2n) is 3.39. The van der Waals surface area contributed by atoms with Crippen molar-refractivity contribution in [2.75, 3.05) is 6.61 Å². The number of rotatable bonds is 1. The van der Waals surface area contributed by atoms with E-state index in [1.807, 2.05) is 0 Å². The van der Waals surface area contributed by atoms with Crippen molar-refractivity contribution in [2.45, 2.75) is 6.04 Å². The van der Waals surface area contributed by atoms with E-state index in [9.17, 15) is 17.6 Å². The maximum absolute atomic E-state index is 13.0. The van der Waals surface area contributed by atoms with E-state index < -0.39 is 28.3 Å². The highest BCUT2D eigenvalue weighted by atomic mass is 32.2. The first-order chi connectivity index (χ1) is 7.92. The normalized spacial score (nSPS) is 22.6. The van der Waals surface area contributed by atoms with Gasteiger partial charge in [-0.1, -0.05) is 12.1 Å². The second-order valence-corrected chi connectivity index (χ2v) is 4.88. The summed E-state index contributed by atoms with van der Waals surface area (Å²) in [5.74, 6) is -0.572. The molecule has 1 aliphatic rings. The summed E-state index contributed by atoms with van der Waals surface area (Å²) in [6.45, 7) is -0.349. The summed E-state index contributed by atoms with van der Waals surface area (Å²) in [4.78, 5) is 10.9. The molecule has 0 spiro atoms. The summed E-state index contributed by atoms with van der Waals surface area (Å²) < 4.78 is 40.2. The molecule has 1 heterocycles. The molecule has 0 radical (unpaired) electrons. The van der Waals surface area contributed by atoms with Gasteiger partial charge in [0.2, 0.25) is 0 Å². The Morgan fingerprint density at radius 2 is 2.24 bits per heavy atom. The Kier molecular flexibility index (Phi) is 2.76. The van der Waals surface area contributed by atoms with Gasteiger partial charge < -0.3 is 5.11 Å². The molecule has 0 saturated carbocycles. The third-order valence-corrected chi connectivity index (χ3v) is 3.65. The predicted molar refractivity (Wildman–Crippen MR) is 53.9 cm³/mol. The van der Waals surface area contributed by atoms with Crippen LogP contribution in [0.3, 0.4) is 0 Å². The van der Waals surface area contributed by atoms with Gasteiger partial charge in [-0.15, -0.1) is 0 Å². The fourth-order valence-corrected chi connectivity index (χ4v) is 2.71. The Hall–Kier alpha value is -1.67. The van der Waals surface area contributed by atoms with Crippen LogP contribution in [0.1, 0.15) is 11.6 Å². The highest BCUT2D eigenvalue weighted by Gasteiger charge is 2.43. The third-order valence-electron chi connectivity index (χ3n) is 2.32. The van der Waals surface area contributed by atoms with Gasteiger partial charge in [0, 0.05) is 0 Å². The van der Waals surface area contributed by atoms with Crippen molar-refractivity contribution >= 4 is 16.4 Å². The monoisotopic (exact) mass is 261 g/mol. The Bertz CT molecular complexity index is 558. The molecule has 17 heavy (non-hydrogen) atoms. The van der Waals surface area contributed by atoms with Crippen molar-refractivity contribution < 1.29 is 26.9 Å². The zero-order valence-electron chi connectivity index (χ0n) is 8.41. The molecule has 2 rings (SSSR count). The molecule has 1 saturated heterocycles. The topological polar surface area (TPSA) is 83.9 Å². The van der Waals surface area contributed by atoms with Gasteiger partial charge in [-0.2, -0.15) is 12.7 Å². The fraction of sp³-hybridized carbons (Fsp3) is 0.222. The molecule has 8 heteroatoms. The summed E-state index contributed by atoms with van der Waals surface area (Å²) in [5, 5.41) is 8.82. The van der Waals surface area contributed by atoms with Crippen LogP contribution in [0.4, 0.5) is 9.18 Å². The quantitative estimate of drug-likeness (QED) is 0.819. The Labute approximate surface area is 96.5 Å². The van der Waals surface area contributed by atoms with Crippen LogP contribution in [0.2, 0.25) is 0 Å². The lowest BCUT2D eigenvalue weighted by Gasteiger charge is -2.17. The van der Waals surface area contributed by atoms with Crippen LogP contribution in [-0.2, 0) is 14.5 Å². The predicted octanol–water partition coefficient (Wildman–Crippen LogP) is 1.12. The molecule has 1 atom stereocenters. The molecule has 1 aliphatic heterocycles. The number of carbonyl (C=O) groups is 1. The van der Waals surface area contributed by atoms with E-state index >= 15 is 0 Å². The van der Waals surface area contributed by atoms with E-state index in [1.165, 1.54) is 18.2 Å². The summed E-state index contributed by atoms with van der Waals surface area (Å²) in [5.41, 5.74) is 0.230. The minimum Gasteiger partial charge on any atom is -0.464 e. The molecule has 0 aliphatic carbocycles. The van der Waals surface area contributed by atoms with Gasteiger partial charge in [0.1, 0.15) is 11.9 Å². The highest BCUT2D eigenvalue weighted by Crippen LogP contribution is 2.31. The molecule has 0 aromatic heterocycles. The average molecular weight is 261 g/mol. The van der Waals surface area contributed by atoms with Crippen LogP contribution < -0.4 is 0 Å². The summed E-state index contributed by atoms with van der Waals surface area (Å²) in [6.07, 6.45) is -1.66. The smallest absolute Gasteiger partial charge is 0.423 e. The van der Waals surface area contributed by atoms with Crippen LogP contribution in [0, 0.1) is 5.82 Å². The van der Waals surface area contributed by atoms with Crippen LogP contribution in [0.5, 0.6) is 0 Å². The van der Waals surface area contributed by atoms with Crippen molar-refractivity contribution in [1.29, 1.82) is 0 Å². The van der Waals surface area contributed by atoms with Crippen molar-refractivity contribution in [3.63, 3.8) is 0 Å². The summed E-state index contributed by atoms with van der Waals surface area (Å²) in [6, 6.07) is 4.01. The third kappa shape index (κ3) is 2.08. The largest absolute Gasteiger partial charge is 0.464 e. The first kappa shape index (κ1) is 11.8. The standard InChI is InChI=1S/C9H8FNO5S/c10-7-3-1-2-6(4-7)8-5-16-17(14,15)11(8)9(12)13/h1-4,8H,5H2,(H,12,13)/t8-/m1/s1. The molecular formula is C9H8FNO5S. The number of carboxylic acid groups (broad SMARTS) is 1. The molecule has 1 N–H and O–H groups in total. The van der Waals surface area contributed by atoms with Crippen molar-refractivity contribution in [3.05, 3.63) is 35.6 Å². The Morgan fingerprint density at radius 1 is 1.53 bits per heavy atom. The van der Waals surface area contributed by atoms with Crippen LogP contribution in [0.15, 0.2) is 24.3 Å². The molecule has 1 aromatic carbocycles. The van der Waals surface area contributed by atoms with E-state index in [4.69, 9.17) is 5.11 Å². The van der Waals surface area contributed by atoms with Crippen LogP contribution in [-0.4, -0.2) is 30.5 Å². The van der Waals surface area contributed by atoms with Crippen LogP contribution >= 0.6 is 0 Å². The molecule has 0 unspecified atom stereocenters. The maximum Gasteiger partial charge on any atom is 0.423 e.